The van der Waals surface area contributed by atoms with Gasteiger partial charge in [-0.1, -0.05) is 60.7 Å². The third-order valence-electron chi connectivity index (χ3n) is 3.84. The lowest BCUT2D eigenvalue weighted by molar-refractivity contribution is 0.291. The fourth-order valence-corrected chi connectivity index (χ4v) is 19.5. The van der Waals surface area contributed by atoms with Crippen LogP contribution in [-0.4, -0.2) is 38.4 Å². The maximum atomic E-state index is 6.76. The van der Waals surface area contributed by atoms with Gasteiger partial charge in [0.25, 0.3) is 15.3 Å². The van der Waals surface area contributed by atoms with E-state index in [-0.39, 0.29) is 0 Å². The highest BCUT2D eigenvalue weighted by Crippen LogP contribution is 2.23. The quantitative estimate of drug-likeness (QED) is 0.370. The highest BCUT2D eigenvalue weighted by atomic mass is 35.6. The molecule has 0 N–H and O–H groups in total. The van der Waals surface area contributed by atoms with E-state index in [0.717, 1.165) is 10.4 Å². The van der Waals surface area contributed by atoms with Gasteiger partial charge < -0.3 is 12.7 Å². The van der Waals surface area contributed by atoms with Gasteiger partial charge in [0.15, 0.2) is 8.32 Å². The Balaban J connectivity index is 2.51. The van der Waals surface area contributed by atoms with Crippen LogP contribution in [0.25, 0.3) is 0 Å². The Morgan fingerprint density at radius 3 is 1.39 bits per heavy atom. The van der Waals surface area contributed by atoms with E-state index in [4.69, 9.17) is 34.8 Å². The van der Waals surface area contributed by atoms with Crippen LogP contribution in [0.1, 0.15) is 0 Å². The summed E-state index contributed by atoms with van der Waals surface area (Å²) in [6.45, 7) is 12.2. The summed E-state index contributed by atoms with van der Waals surface area (Å²) < 4.78 is 19.7. The van der Waals surface area contributed by atoms with E-state index in [1.807, 2.05) is 62.6 Å². The van der Waals surface area contributed by atoms with E-state index < -0.39 is 32.1 Å². The summed E-state index contributed by atoms with van der Waals surface area (Å²) in [4.78, 5) is 0. The summed E-state index contributed by atoms with van der Waals surface area (Å²) in [6, 6.07) is 20.4. The monoisotopic (exact) mass is 488 g/mol. The van der Waals surface area contributed by atoms with Crippen LogP contribution in [0.2, 0.25) is 39.3 Å². The molecule has 0 fully saturated rings. The Morgan fingerprint density at radius 1 is 0.643 bits per heavy atom. The lowest BCUT2D eigenvalue weighted by Gasteiger charge is -2.39. The molecule has 2 aromatic rings. The molecule has 0 aliphatic carbocycles. The van der Waals surface area contributed by atoms with Crippen molar-refractivity contribution in [3.63, 3.8) is 0 Å². The standard InChI is InChI=1S/C19H30Cl2O3Si4/c1-25(2,23-26(3,4)20)17-22-28(24-27(5,6)21,18-13-9-7-10-14-18)19-15-11-8-12-16-19/h7-16H,17H2,1-6H3. The summed E-state index contributed by atoms with van der Waals surface area (Å²) in [5.74, 6) is 0. The molecule has 0 heterocycles. The molecule has 0 bridgehead atoms. The lowest BCUT2D eigenvalue weighted by atomic mass is 10.4. The van der Waals surface area contributed by atoms with E-state index in [0.29, 0.717) is 6.23 Å². The van der Waals surface area contributed by atoms with E-state index in [2.05, 4.69) is 37.4 Å². The highest BCUT2D eigenvalue weighted by Gasteiger charge is 2.48. The van der Waals surface area contributed by atoms with Crippen molar-refractivity contribution in [2.75, 3.05) is 6.23 Å². The van der Waals surface area contributed by atoms with Gasteiger partial charge in [-0.2, -0.15) is 0 Å². The number of benzene rings is 2. The van der Waals surface area contributed by atoms with Gasteiger partial charge >= 0.3 is 8.56 Å². The molecule has 28 heavy (non-hydrogen) atoms. The van der Waals surface area contributed by atoms with E-state index in [1.54, 1.807) is 0 Å². The fraction of sp³-hybridized carbons (Fsp3) is 0.368. The predicted octanol–water partition coefficient (Wildman–Crippen LogP) is 4.92. The lowest BCUT2D eigenvalue weighted by Crippen LogP contribution is -2.68. The van der Waals surface area contributed by atoms with Gasteiger partial charge in [-0.25, -0.2) is 0 Å². The Bertz CT molecular complexity index is 708. The number of hydrogen-bond acceptors (Lipinski definition) is 3. The minimum Gasteiger partial charge on any atom is -0.443 e. The summed E-state index contributed by atoms with van der Waals surface area (Å²) in [6.07, 6.45) is 0.494. The van der Waals surface area contributed by atoms with Gasteiger partial charge in [-0.15, -0.1) is 22.2 Å². The molecule has 0 aromatic heterocycles. The molecule has 0 radical (unpaired) electrons. The van der Waals surface area contributed by atoms with Crippen molar-refractivity contribution >= 4 is 64.7 Å². The van der Waals surface area contributed by atoms with Crippen molar-refractivity contribution in [2.45, 2.75) is 39.3 Å². The Morgan fingerprint density at radius 2 is 1.04 bits per heavy atom. The maximum Gasteiger partial charge on any atom is 0.397 e. The van der Waals surface area contributed by atoms with Crippen LogP contribution in [0.5, 0.6) is 0 Å². The molecule has 0 atom stereocenters. The van der Waals surface area contributed by atoms with Crippen LogP contribution in [0.15, 0.2) is 60.7 Å². The van der Waals surface area contributed by atoms with Crippen LogP contribution in [-0.2, 0) is 12.7 Å². The van der Waals surface area contributed by atoms with Crippen LogP contribution < -0.4 is 10.4 Å². The van der Waals surface area contributed by atoms with Crippen LogP contribution in [0.4, 0.5) is 0 Å². The molecule has 0 amide bonds. The van der Waals surface area contributed by atoms with Gasteiger partial charge in [-0.3, -0.25) is 0 Å². The molecular formula is C19H30Cl2O3Si4. The Kier molecular flexibility index (Phi) is 7.97. The topological polar surface area (TPSA) is 27.7 Å². The van der Waals surface area contributed by atoms with Crippen molar-refractivity contribution in [1.82, 2.24) is 0 Å². The van der Waals surface area contributed by atoms with Crippen LogP contribution in [0.3, 0.4) is 0 Å². The predicted molar refractivity (Wildman–Crippen MR) is 130 cm³/mol. The van der Waals surface area contributed by atoms with Gasteiger partial charge in [0.1, 0.15) is 0 Å². The molecular weight excluding hydrogens is 459 g/mol. The summed E-state index contributed by atoms with van der Waals surface area (Å²) >= 11 is 13.2. The summed E-state index contributed by atoms with van der Waals surface area (Å²) in [5, 5.41) is 2.10. The molecule has 3 nitrogen and oxygen atoms in total. The van der Waals surface area contributed by atoms with Crippen molar-refractivity contribution < 1.29 is 12.7 Å². The first-order valence-corrected chi connectivity index (χ1v) is 22.1. The normalized spacial score (nSPS) is 13.6. The third kappa shape index (κ3) is 7.23. The van der Waals surface area contributed by atoms with Crippen LogP contribution >= 0.6 is 22.2 Å². The molecule has 0 aliphatic rings. The summed E-state index contributed by atoms with van der Waals surface area (Å²) in [7, 11) is -9.78. The molecule has 0 unspecified atom stereocenters. The van der Waals surface area contributed by atoms with Crippen LogP contribution in [0, 0.1) is 0 Å². The van der Waals surface area contributed by atoms with Gasteiger partial charge in [-0.05, 0) is 49.7 Å². The minimum atomic E-state index is -3.01. The fourth-order valence-electron chi connectivity index (χ4n) is 3.10. The average molecular weight is 490 g/mol. The second-order valence-electron chi connectivity index (χ2n) is 8.33. The molecule has 9 heteroatoms. The van der Waals surface area contributed by atoms with E-state index >= 15 is 0 Å². The van der Waals surface area contributed by atoms with Crippen molar-refractivity contribution in [2.24, 2.45) is 0 Å². The summed E-state index contributed by atoms with van der Waals surface area (Å²) in [5.41, 5.74) is 0. The molecule has 0 saturated heterocycles. The molecule has 154 valence electrons. The first kappa shape index (κ1) is 24.0. The zero-order valence-electron chi connectivity index (χ0n) is 17.5. The van der Waals surface area contributed by atoms with Gasteiger partial charge in [0.05, 0.1) is 6.23 Å². The van der Waals surface area contributed by atoms with Gasteiger partial charge in [0.2, 0.25) is 0 Å². The first-order valence-electron chi connectivity index (χ1n) is 9.36. The molecule has 2 rings (SSSR count). The number of hydrogen-bond donors (Lipinski definition) is 0. The second kappa shape index (κ2) is 9.28. The SMILES string of the molecule is C[Si](C)(Cl)O[Si](C)(C)CO[Si](O[Si](C)(C)Cl)(c1ccccc1)c1ccccc1. The Hall–Kier alpha value is -0.232. The van der Waals surface area contributed by atoms with Crippen molar-refractivity contribution in [3.05, 3.63) is 60.7 Å². The zero-order valence-corrected chi connectivity index (χ0v) is 23.0. The van der Waals surface area contributed by atoms with E-state index in [9.17, 15) is 0 Å². The first-order chi connectivity index (χ1) is 12.8. The minimum absolute atomic E-state index is 0.494. The average Bonchev–Trinajstić information content (AvgIpc) is 2.57. The smallest absolute Gasteiger partial charge is 0.397 e. The molecule has 0 spiro atoms. The number of rotatable bonds is 9. The van der Waals surface area contributed by atoms with Gasteiger partial charge in [0, 0.05) is 0 Å². The molecule has 2 aromatic carbocycles. The third-order valence-corrected chi connectivity index (χ3v) is 16.3. The van der Waals surface area contributed by atoms with E-state index in [1.165, 1.54) is 0 Å². The zero-order chi connectivity index (χ0) is 21.1. The largest absolute Gasteiger partial charge is 0.443 e. The van der Waals surface area contributed by atoms with Crippen molar-refractivity contribution in [1.29, 1.82) is 0 Å². The second-order valence-corrected chi connectivity index (χ2v) is 27.4. The maximum absolute atomic E-state index is 6.76. The molecule has 0 saturated carbocycles. The number of halogens is 2. The highest BCUT2D eigenvalue weighted by molar-refractivity contribution is 7.19. The molecule has 0 aliphatic heterocycles. The van der Waals surface area contributed by atoms with Crippen molar-refractivity contribution in [3.8, 4) is 0 Å². The Labute approximate surface area is 183 Å².